The number of fused-ring (bicyclic) bond motifs is 3. The van der Waals surface area contributed by atoms with Gasteiger partial charge in [-0.1, -0.05) is 31.0 Å². The zero-order valence-corrected chi connectivity index (χ0v) is 19.9. The Morgan fingerprint density at radius 3 is 2.46 bits per heavy atom. The number of nitrogens with one attached hydrogen (secondary N) is 1. The highest BCUT2D eigenvalue weighted by atomic mass is 16.3. The first-order valence-electron chi connectivity index (χ1n) is 12.7. The molecular formula is C28H31N5O2. The lowest BCUT2D eigenvalue weighted by Gasteiger charge is -2.31. The van der Waals surface area contributed by atoms with Crippen LogP contribution in [0, 0.1) is 0 Å². The molecule has 1 saturated carbocycles. The number of rotatable bonds is 4. The molecule has 2 aromatic carbocycles. The fourth-order valence-corrected chi connectivity index (χ4v) is 5.67. The van der Waals surface area contributed by atoms with Crippen LogP contribution in [0.1, 0.15) is 44.1 Å². The van der Waals surface area contributed by atoms with Crippen LogP contribution in [0.25, 0.3) is 11.3 Å². The van der Waals surface area contributed by atoms with Crippen LogP contribution in [-0.2, 0) is 11.2 Å². The van der Waals surface area contributed by atoms with Gasteiger partial charge in [0.25, 0.3) is 0 Å². The number of benzene rings is 2. The third kappa shape index (κ3) is 4.36. The van der Waals surface area contributed by atoms with E-state index in [-0.39, 0.29) is 18.1 Å². The minimum atomic E-state index is -0.178. The van der Waals surface area contributed by atoms with Gasteiger partial charge in [0.2, 0.25) is 11.9 Å². The van der Waals surface area contributed by atoms with Crippen molar-refractivity contribution in [2.24, 2.45) is 0 Å². The van der Waals surface area contributed by atoms with Gasteiger partial charge >= 0.3 is 0 Å². The number of aliphatic hydroxyl groups excluding tert-OH is 1. The molecule has 0 bridgehead atoms. The summed E-state index contributed by atoms with van der Waals surface area (Å²) in [6.07, 6.45) is 8.03. The number of hydrogen-bond acceptors (Lipinski definition) is 6. The largest absolute Gasteiger partial charge is 0.393 e. The molecule has 1 saturated heterocycles. The first-order chi connectivity index (χ1) is 17.2. The van der Waals surface area contributed by atoms with Crippen molar-refractivity contribution in [3.8, 4) is 11.3 Å². The van der Waals surface area contributed by atoms with Crippen LogP contribution in [0.15, 0.2) is 54.7 Å². The third-order valence-corrected chi connectivity index (χ3v) is 7.54. The van der Waals surface area contributed by atoms with Gasteiger partial charge in [0.05, 0.1) is 23.9 Å². The van der Waals surface area contributed by atoms with E-state index in [1.807, 2.05) is 35.2 Å². The van der Waals surface area contributed by atoms with Gasteiger partial charge in [-0.3, -0.25) is 4.79 Å². The number of hydrogen-bond donors (Lipinski definition) is 2. The van der Waals surface area contributed by atoms with Crippen LogP contribution in [0.4, 0.5) is 23.0 Å². The van der Waals surface area contributed by atoms with Crippen molar-refractivity contribution >= 4 is 28.9 Å². The van der Waals surface area contributed by atoms with E-state index in [0.29, 0.717) is 12.4 Å². The van der Waals surface area contributed by atoms with Gasteiger partial charge < -0.3 is 20.2 Å². The molecule has 0 spiro atoms. The summed E-state index contributed by atoms with van der Waals surface area (Å²) >= 11 is 0. The summed E-state index contributed by atoms with van der Waals surface area (Å²) in [4.78, 5) is 27.1. The van der Waals surface area contributed by atoms with Crippen molar-refractivity contribution in [2.75, 3.05) is 28.2 Å². The zero-order chi connectivity index (χ0) is 23.8. The molecule has 1 aromatic heterocycles. The van der Waals surface area contributed by atoms with Crippen molar-refractivity contribution in [1.82, 2.24) is 9.97 Å². The summed E-state index contributed by atoms with van der Waals surface area (Å²) in [5.74, 6) is 0.655. The Hall–Kier alpha value is -3.45. The molecule has 6 rings (SSSR count). The van der Waals surface area contributed by atoms with Crippen LogP contribution in [0.3, 0.4) is 0 Å². The maximum atomic E-state index is 13.3. The Morgan fingerprint density at radius 1 is 0.943 bits per heavy atom. The van der Waals surface area contributed by atoms with E-state index in [0.717, 1.165) is 72.7 Å². The van der Waals surface area contributed by atoms with E-state index in [1.165, 1.54) is 12.8 Å². The summed E-state index contributed by atoms with van der Waals surface area (Å²) in [5, 5.41) is 13.1. The molecule has 180 valence electrons. The zero-order valence-electron chi connectivity index (χ0n) is 19.9. The normalized spacial score (nSPS) is 18.8. The first-order valence-corrected chi connectivity index (χ1v) is 12.7. The molecule has 0 atom stereocenters. The number of nitrogens with zero attached hydrogens (tertiary/aromatic N) is 4. The lowest BCUT2D eigenvalue weighted by molar-refractivity contribution is -0.118. The summed E-state index contributed by atoms with van der Waals surface area (Å²) in [6.45, 7) is 1.75. The van der Waals surface area contributed by atoms with Crippen molar-refractivity contribution in [3.63, 3.8) is 0 Å². The topological polar surface area (TPSA) is 81.6 Å². The average molecular weight is 470 g/mol. The smallest absolute Gasteiger partial charge is 0.231 e. The van der Waals surface area contributed by atoms with Gasteiger partial charge in [-0.25, -0.2) is 9.97 Å². The number of piperidine rings is 1. The molecule has 2 aliphatic heterocycles. The second kappa shape index (κ2) is 9.30. The predicted molar refractivity (Wildman–Crippen MR) is 138 cm³/mol. The van der Waals surface area contributed by atoms with Crippen molar-refractivity contribution < 1.29 is 9.90 Å². The molecule has 1 amide bonds. The lowest BCUT2D eigenvalue weighted by Crippen LogP contribution is -2.39. The van der Waals surface area contributed by atoms with Gasteiger partial charge in [0.1, 0.15) is 0 Å². The number of aromatic nitrogens is 2. The van der Waals surface area contributed by atoms with E-state index in [4.69, 9.17) is 4.98 Å². The summed E-state index contributed by atoms with van der Waals surface area (Å²) in [5.41, 5.74) is 5.73. The third-order valence-electron chi connectivity index (χ3n) is 7.54. The number of para-hydroxylation sites is 1. The van der Waals surface area contributed by atoms with Crippen molar-refractivity contribution in [3.05, 3.63) is 60.3 Å². The Morgan fingerprint density at radius 2 is 1.69 bits per heavy atom. The number of anilines is 4. The highest BCUT2D eigenvalue weighted by molar-refractivity contribution is 6.02. The first kappa shape index (κ1) is 22.0. The van der Waals surface area contributed by atoms with E-state index < -0.39 is 0 Å². The number of aliphatic hydroxyl groups is 1. The van der Waals surface area contributed by atoms with Gasteiger partial charge in [-0.05, 0) is 56.0 Å². The monoisotopic (exact) mass is 469 g/mol. The molecular weight excluding hydrogens is 438 g/mol. The Balaban J connectivity index is 1.27. The fraction of sp³-hybridized carbons (Fsp3) is 0.393. The maximum Gasteiger partial charge on any atom is 0.231 e. The van der Waals surface area contributed by atoms with Gasteiger partial charge in [0.15, 0.2) is 0 Å². The Labute approximate surface area is 205 Å². The van der Waals surface area contributed by atoms with Gasteiger partial charge in [0, 0.05) is 47.8 Å². The standard InChI is InChI=1S/C28H31N5O2/c34-23-13-15-32(16-14-23)21-11-9-20(10-12-21)30-28-29-18-19-17-26(35)33(22-5-1-2-6-22)25-8-4-3-7-24(25)27(19)31-28/h3-4,7-12,18,22-23,34H,1-2,5-6,13-17H2,(H,29,30,31). The number of carbonyl (C=O) groups is 1. The van der Waals surface area contributed by atoms with Crippen molar-refractivity contribution in [2.45, 2.75) is 57.1 Å². The lowest BCUT2D eigenvalue weighted by atomic mass is 10.0. The maximum absolute atomic E-state index is 13.3. The predicted octanol–water partition coefficient (Wildman–Crippen LogP) is 4.68. The molecule has 2 N–H and O–H groups in total. The second-order valence-electron chi connectivity index (χ2n) is 9.85. The van der Waals surface area contributed by atoms with E-state index in [9.17, 15) is 9.90 Å². The number of carbonyl (C=O) groups excluding carboxylic acids is 1. The molecule has 0 unspecified atom stereocenters. The minimum absolute atomic E-state index is 0.133. The molecule has 3 aromatic rings. The molecule has 3 heterocycles. The molecule has 1 aliphatic carbocycles. The summed E-state index contributed by atoms with van der Waals surface area (Å²) in [7, 11) is 0. The van der Waals surface area contributed by atoms with E-state index >= 15 is 0 Å². The van der Waals surface area contributed by atoms with Gasteiger partial charge in [-0.2, -0.15) is 0 Å². The van der Waals surface area contributed by atoms with Crippen LogP contribution >= 0.6 is 0 Å². The Bertz CT molecular complexity index is 1210. The molecule has 2 fully saturated rings. The van der Waals surface area contributed by atoms with E-state index in [1.54, 1.807) is 6.20 Å². The number of amides is 1. The quantitative estimate of drug-likeness (QED) is 0.578. The Kier molecular flexibility index (Phi) is 5.86. The van der Waals surface area contributed by atoms with Crippen LogP contribution in [0.5, 0.6) is 0 Å². The second-order valence-corrected chi connectivity index (χ2v) is 9.85. The van der Waals surface area contributed by atoms with Gasteiger partial charge in [-0.15, -0.1) is 0 Å². The highest BCUT2D eigenvalue weighted by Gasteiger charge is 2.33. The highest BCUT2D eigenvalue weighted by Crippen LogP contribution is 2.39. The molecule has 0 radical (unpaired) electrons. The minimum Gasteiger partial charge on any atom is -0.393 e. The van der Waals surface area contributed by atoms with Crippen LogP contribution in [0.2, 0.25) is 0 Å². The summed E-state index contributed by atoms with van der Waals surface area (Å²) < 4.78 is 0. The SMILES string of the molecule is O=C1Cc2cnc(Nc3ccc(N4CCC(O)CC4)cc3)nc2-c2ccccc2N1C1CCCC1. The molecule has 7 nitrogen and oxygen atoms in total. The van der Waals surface area contributed by atoms with E-state index in [2.05, 4.69) is 33.4 Å². The molecule has 35 heavy (non-hydrogen) atoms. The fourth-order valence-electron chi connectivity index (χ4n) is 5.67. The van der Waals surface area contributed by atoms with Crippen LogP contribution in [-0.4, -0.2) is 46.2 Å². The molecule has 3 aliphatic rings. The van der Waals surface area contributed by atoms with Crippen molar-refractivity contribution in [1.29, 1.82) is 0 Å². The van der Waals surface area contributed by atoms with Crippen LogP contribution < -0.4 is 15.1 Å². The summed E-state index contributed by atoms with van der Waals surface area (Å²) in [6, 6.07) is 16.7. The molecule has 7 heteroatoms. The average Bonchev–Trinajstić information content (AvgIpc) is 3.37.